The maximum Gasteiger partial charge on any atom is 0.407 e. The summed E-state index contributed by atoms with van der Waals surface area (Å²) in [7, 11) is 1.35. The molecule has 2 aromatic carbocycles. The summed E-state index contributed by atoms with van der Waals surface area (Å²) in [6, 6.07) is 14.9. The lowest BCUT2D eigenvalue weighted by Gasteiger charge is -2.18. The maximum absolute atomic E-state index is 12.2. The van der Waals surface area contributed by atoms with E-state index in [1.165, 1.54) is 7.11 Å². The van der Waals surface area contributed by atoms with Crippen LogP contribution in [0.25, 0.3) is 11.1 Å². The smallest absolute Gasteiger partial charge is 0.407 e. The lowest BCUT2D eigenvalue weighted by molar-refractivity contribution is -0.143. The first-order valence-corrected chi connectivity index (χ1v) is 10.0. The van der Waals surface area contributed by atoms with Crippen molar-refractivity contribution in [3.63, 3.8) is 0 Å². The van der Waals surface area contributed by atoms with Crippen LogP contribution in [-0.2, 0) is 19.1 Å². The highest BCUT2D eigenvalue weighted by molar-refractivity contribution is 5.85. The van der Waals surface area contributed by atoms with Gasteiger partial charge in [0.05, 0.1) is 12.5 Å². The molecule has 2 unspecified atom stereocenters. The van der Waals surface area contributed by atoms with E-state index in [2.05, 4.69) is 22.8 Å². The largest absolute Gasteiger partial charge is 0.480 e. The van der Waals surface area contributed by atoms with Gasteiger partial charge in [0.15, 0.2) is 6.04 Å². The highest BCUT2D eigenvalue weighted by Crippen LogP contribution is 2.44. The number of alkyl carbamates (subject to hydrolysis) is 1. The molecule has 2 amide bonds. The molecule has 0 saturated carbocycles. The fourth-order valence-electron chi connectivity index (χ4n) is 3.63. The summed E-state index contributed by atoms with van der Waals surface area (Å²) < 4.78 is 10.2. The van der Waals surface area contributed by atoms with Gasteiger partial charge in [-0.3, -0.25) is 4.79 Å². The molecule has 164 valence electrons. The Bertz CT molecular complexity index is 915. The number of aliphatic carboxylic acids is 1. The van der Waals surface area contributed by atoms with Crippen LogP contribution in [0.5, 0.6) is 0 Å². The number of carboxylic acid groups (broad SMARTS) is 1. The lowest BCUT2D eigenvalue weighted by Crippen LogP contribution is -2.47. The summed E-state index contributed by atoms with van der Waals surface area (Å²) in [5.74, 6) is -2.38. The summed E-state index contributed by atoms with van der Waals surface area (Å²) in [6.07, 6.45) is -0.631. The predicted molar refractivity (Wildman–Crippen MR) is 114 cm³/mol. The van der Waals surface area contributed by atoms with Crippen LogP contribution in [0.15, 0.2) is 48.5 Å². The zero-order chi connectivity index (χ0) is 22.4. The van der Waals surface area contributed by atoms with E-state index in [1.807, 2.05) is 36.4 Å². The Morgan fingerprint density at radius 1 is 1.03 bits per heavy atom. The van der Waals surface area contributed by atoms with Crippen molar-refractivity contribution in [1.29, 1.82) is 0 Å². The molecule has 0 spiro atoms. The van der Waals surface area contributed by atoms with Crippen molar-refractivity contribution in [2.75, 3.05) is 26.9 Å². The van der Waals surface area contributed by atoms with Gasteiger partial charge in [0.25, 0.3) is 0 Å². The number of hydrogen-bond donors (Lipinski definition) is 3. The fraction of sp³-hybridized carbons (Fsp3) is 0.348. The van der Waals surface area contributed by atoms with Gasteiger partial charge >= 0.3 is 12.1 Å². The normalized spacial score (nSPS) is 14.1. The second kappa shape index (κ2) is 10.1. The third-order valence-corrected chi connectivity index (χ3v) is 5.29. The van der Waals surface area contributed by atoms with Crippen molar-refractivity contribution in [3.8, 4) is 11.1 Å². The number of benzene rings is 2. The Balaban J connectivity index is 1.52. The van der Waals surface area contributed by atoms with E-state index >= 15 is 0 Å². The van der Waals surface area contributed by atoms with Crippen LogP contribution in [0.2, 0.25) is 0 Å². The Hall–Kier alpha value is -3.39. The molecule has 0 aromatic heterocycles. The Kier molecular flexibility index (Phi) is 7.25. The van der Waals surface area contributed by atoms with Gasteiger partial charge in [-0.15, -0.1) is 0 Å². The van der Waals surface area contributed by atoms with Crippen LogP contribution in [0, 0.1) is 5.92 Å². The topological polar surface area (TPSA) is 114 Å². The third-order valence-electron chi connectivity index (χ3n) is 5.29. The van der Waals surface area contributed by atoms with E-state index in [4.69, 9.17) is 14.6 Å². The monoisotopic (exact) mass is 426 g/mol. The van der Waals surface area contributed by atoms with E-state index in [9.17, 15) is 14.4 Å². The van der Waals surface area contributed by atoms with Gasteiger partial charge in [-0.1, -0.05) is 55.5 Å². The first kappa shape index (κ1) is 22.3. The molecule has 3 N–H and O–H groups in total. The number of fused-ring (bicyclic) bond motifs is 3. The number of carbonyl (C=O) groups excluding carboxylic acids is 2. The van der Waals surface area contributed by atoms with Gasteiger partial charge in [0.1, 0.15) is 6.61 Å². The van der Waals surface area contributed by atoms with E-state index < -0.39 is 29.9 Å². The number of ether oxygens (including phenoxy) is 2. The first-order valence-electron chi connectivity index (χ1n) is 10.0. The molecule has 0 radical (unpaired) electrons. The molecule has 31 heavy (non-hydrogen) atoms. The Morgan fingerprint density at radius 3 is 2.16 bits per heavy atom. The van der Waals surface area contributed by atoms with Crippen molar-refractivity contribution >= 4 is 18.0 Å². The zero-order valence-electron chi connectivity index (χ0n) is 17.5. The standard InChI is InChI=1S/C23H26N2O6/c1-14(21(26)25-20(13-30-2)22(27)28)11-24-23(29)31-12-19-17-9-5-3-7-15(17)16-8-4-6-10-18(16)19/h3-10,14,19-20H,11-13H2,1-2H3,(H,24,29)(H,25,26)(H,27,28). The highest BCUT2D eigenvalue weighted by Gasteiger charge is 2.29. The second-order valence-corrected chi connectivity index (χ2v) is 7.46. The van der Waals surface area contributed by atoms with Gasteiger partial charge in [-0.05, 0) is 22.3 Å². The SMILES string of the molecule is COCC(NC(=O)C(C)CNC(=O)OCC1c2ccccc2-c2ccccc21)C(=O)O. The average molecular weight is 426 g/mol. The molecule has 0 heterocycles. The molecular weight excluding hydrogens is 400 g/mol. The molecule has 2 atom stereocenters. The average Bonchev–Trinajstić information content (AvgIpc) is 3.09. The van der Waals surface area contributed by atoms with Gasteiger partial charge in [0, 0.05) is 19.6 Å². The quantitative estimate of drug-likeness (QED) is 0.567. The van der Waals surface area contributed by atoms with Gasteiger partial charge in [-0.25, -0.2) is 9.59 Å². The maximum atomic E-state index is 12.2. The van der Waals surface area contributed by atoms with Crippen molar-refractivity contribution in [2.45, 2.75) is 18.9 Å². The number of carbonyl (C=O) groups is 3. The lowest BCUT2D eigenvalue weighted by atomic mass is 9.98. The fourth-order valence-corrected chi connectivity index (χ4v) is 3.63. The van der Waals surface area contributed by atoms with E-state index in [1.54, 1.807) is 6.92 Å². The molecule has 3 rings (SSSR count). The van der Waals surface area contributed by atoms with Crippen LogP contribution in [-0.4, -0.2) is 56.0 Å². The summed E-state index contributed by atoms with van der Waals surface area (Å²) in [5, 5.41) is 14.0. The third kappa shape index (κ3) is 5.21. The molecule has 0 aliphatic heterocycles. The number of amides is 2. The summed E-state index contributed by atoms with van der Waals surface area (Å²) in [5.41, 5.74) is 4.51. The molecule has 0 saturated heterocycles. The summed E-state index contributed by atoms with van der Waals surface area (Å²) in [6.45, 7) is 1.63. The van der Waals surface area contributed by atoms with E-state index in [0.29, 0.717) is 0 Å². The molecular formula is C23H26N2O6. The summed E-state index contributed by atoms with van der Waals surface area (Å²) in [4.78, 5) is 35.5. The van der Waals surface area contributed by atoms with Crippen LogP contribution >= 0.6 is 0 Å². The van der Waals surface area contributed by atoms with Crippen molar-refractivity contribution < 1.29 is 29.0 Å². The van der Waals surface area contributed by atoms with E-state index in [-0.39, 0.29) is 25.7 Å². The van der Waals surface area contributed by atoms with E-state index in [0.717, 1.165) is 22.3 Å². The Morgan fingerprint density at radius 2 is 1.61 bits per heavy atom. The Labute approximate surface area is 180 Å². The van der Waals surface area contributed by atoms with Gasteiger partial charge < -0.3 is 25.2 Å². The predicted octanol–water partition coefficient (Wildman–Crippen LogP) is 2.38. The number of hydrogen-bond acceptors (Lipinski definition) is 5. The van der Waals surface area contributed by atoms with Crippen LogP contribution < -0.4 is 10.6 Å². The number of methoxy groups -OCH3 is 1. The molecule has 8 nitrogen and oxygen atoms in total. The molecule has 2 aromatic rings. The molecule has 0 bridgehead atoms. The molecule has 1 aliphatic rings. The number of nitrogens with one attached hydrogen (secondary N) is 2. The number of rotatable bonds is 9. The van der Waals surface area contributed by atoms with Gasteiger partial charge in [-0.2, -0.15) is 0 Å². The minimum Gasteiger partial charge on any atom is -0.480 e. The van der Waals surface area contributed by atoms with Crippen LogP contribution in [0.1, 0.15) is 24.0 Å². The highest BCUT2D eigenvalue weighted by atomic mass is 16.5. The van der Waals surface area contributed by atoms with Crippen molar-refractivity contribution in [2.24, 2.45) is 5.92 Å². The van der Waals surface area contributed by atoms with Crippen molar-refractivity contribution in [1.82, 2.24) is 10.6 Å². The zero-order valence-corrected chi connectivity index (χ0v) is 17.5. The minimum absolute atomic E-state index is 0.0157. The van der Waals surface area contributed by atoms with Gasteiger partial charge in [0.2, 0.25) is 5.91 Å². The van der Waals surface area contributed by atoms with Crippen LogP contribution in [0.4, 0.5) is 4.79 Å². The summed E-state index contributed by atoms with van der Waals surface area (Å²) >= 11 is 0. The molecule has 1 aliphatic carbocycles. The van der Waals surface area contributed by atoms with Crippen LogP contribution in [0.3, 0.4) is 0 Å². The first-order chi connectivity index (χ1) is 14.9. The second-order valence-electron chi connectivity index (χ2n) is 7.46. The molecule has 0 fully saturated rings. The minimum atomic E-state index is -1.19. The number of carboxylic acids is 1. The van der Waals surface area contributed by atoms with Crippen molar-refractivity contribution in [3.05, 3.63) is 59.7 Å². The molecule has 8 heteroatoms.